The van der Waals surface area contributed by atoms with Crippen molar-refractivity contribution in [3.8, 4) is 5.88 Å². The van der Waals surface area contributed by atoms with Gasteiger partial charge in [0.2, 0.25) is 11.8 Å². The van der Waals surface area contributed by atoms with Gasteiger partial charge in [0.1, 0.15) is 0 Å². The monoisotopic (exact) mass is 221 g/mol. The van der Waals surface area contributed by atoms with Crippen molar-refractivity contribution in [1.82, 2.24) is 9.88 Å². The number of likely N-dealkylation sites (N-methyl/N-ethyl adjacent to an activating group) is 1. The van der Waals surface area contributed by atoms with E-state index in [1.807, 2.05) is 0 Å². The topological polar surface area (TPSA) is 68.5 Å². The van der Waals surface area contributed by atoms with E-state index in [0.29, 0.717) is 17.3 Å². The van der Waals surface area contributed by atoms with E-state index in [-0.39, 0.29) is 5.91 Å². The normalized spacial score (nSPS) is 10.4. The Morgan fingerprint density at radius 3 is 2.75 bits per heavy atom. The zero-order valence-corrected chi connectivity index (χ0v) is 9.60. The highest BCUT2D eigenvalue weighted by Crippen LogP contribution is 2.18. The Morgan fingerprint density at radius 1 is 1.50 bits per heavy atom. The molecule has 5 nitrogen and oxygen atoms in total. The maximum atomic E-state index is 11.3. The summed E-state index contributed by atoms with van der Waals surface area (Å²) in [4.78, 5) is 16.9. The lowest BCUT2D eigenvalue weighted by Gasteiger charge is -2.06. The number of methoxy groups -OCH3 is 1. The highest BCUT2D eigenvalue weighted by molar-refractivity contribution is 5.91. The van der Waals surface area contributed by atoms with Gasteiger partial charge in [0.25, 0.3) is 0 Å². The summed E-state index contributed by atoms with van der Waals surface area (Å²) in [7, 11) is 4.87. The quantitative estimate of drug-likeness (QED) is 0.765. The first-order valence-electron chi connectivity index (χ1n) is 4.74. The summed E-state index contributed by atoms with van der Waals surface area (Å²) in [5, 5.41) is 0. The molecule has 0 fully saturated rings. The van der Waals surface area contributed by atoms with Crippen molar-refractivity contribution in [1.29, 1.82) is 0 Å². The molecule has 0 saturated carbocycles. The molecule has 0 aliphatic carbocycles. The molecule has 1 rings (SSSR count). The van der Waals surface area contributed by atoms with Gasteiger partial charge in [-0.15, -0.1) is 0 Å². The molecular formula is C11H15N3O2. The van der Waals surface area contributed by atoms with Crippen molar-refractivity contribution < 1.29 is 9.53 Å². The molecule has 0 aliphatic heterocycles. The second kappa shape index (κ2) is 5.16. The Morgan fingerprint density at radius 2 is 2.19 bits per heavy atom. The third kappa shape index (κ3) is 2.98. The minimum absolute atomic E-state index is 0.0995. The third-order valence-corrected chi connectivity index (χ3v) is 1.94. The second-order valence-electron chi connectivity index (χ2n) is 3.40. The molecule has 16 heavy (non-hydrogen) atoms. The van der Waals surface area contributed by atoms with Crippen LogP contribution in [0.25, 0.3) is 6.08 Å². The van der Waals surface area contributed by atoms with E-state index in [4.69, 9.17) is 10.5 Å². The number of nitrogens with two attached hydrogens (primary N) is 1. The molecule has 0 bridgehead atoms. The van der Waals surface area contributed by atoms with Crippen molar-refractivity contribution in [2.24, 2.45) is 0 Å². The fourth-order valence-corrected chi connectivity index (χ4v) is 1.03. The van der Waals surface area contributed by atoms with Crippen molar-refractivity contribution >= 4 is 17.7 Å². The molecule has 0 spiro atoms. The SMILES string of the molecule is COc1nc(/C=C/C(=O)N(C)C)ccc1N. The van der Waals surface area contributed by atoms with E-state index in [1.165, 1.54) is 18.1 Å². The molecule has 1 aromatic rings. The lowest BCUT2D eigenvalue weighted by molar-refractivity contribution is -0.123. The number of ether oxygens (including phenoxy) is 1. The Hall–Kier alpha value is -2.04. The number of carbonyl (C=O) groups is 1. The number of amides is 1. The highest BCUT2D eigenvalue weighted by atomic mass is 16.5. The van der Waals surface area contributed by atoms with Gasteiger partial charge in [-0.05, 0) is 18.2 Å². The minimum atomic E-state index is -0.0995. The Balaban J connectivity index is 2.86. The predicted molar refractivity (Wildman–Crippen MR) is 62.9 cm³/mol. The number of carbonyl (C=O) groups excluding carboxylic acids is 1. The van der Waals surface area contributed by atoms with Crippen LogP contribution in [-0.2, 0) is 4.79 Å². The number of rotatable bonds is 3. The van der Waals surface area contributed by atoms with Crippen LogP contribution in [0.5, 0.6) is 5.88 Å². The van der Waals surface area contributed by atoms with Gasteiger partial charge in [0.05, 0.1) is 18.5 Å². The Kier molecular flexibility index (Phi) is 3.88. The van der Waals surface area contributed by atoms with Crippen molar-refractivity contribution in [2.45, 2.75) is 0 Å². The van der Waals surface area contributed by atoms with E-state index in [9.17, 15) is 4.79 Å². The highest BCUT2D eigenvalue weighted by Gasteiger charge is 2.01. The van der Waals surface area contributed by atoms with Gasteiger partial charge in [-0.1, -0.05) is 0 Å². The maximum absolute atomic E-state index is 11.3. The summed E-state index contributed by atoms with van der Waals surface area (Å²) in [6.45, 7) is 0. The van der Waals surface area contributed by atoms with Gasteiger partial charge < -0.3 is 15.4 Å². The molecule has 0 aromatic carbocycles. The third-order valence-electron chi connectivity index (χ3n) is 1.94. The molecule has 1 heterocycles. The van der Waals surface area contributed by atoms with Crippen LogP contribution in [0.3, 0.4) is 0 Å². The number of pyridine rings is 1. The smallest absolute Gasteiger partial charge is 0.246 e. The largest absolute Gasteiger partial charge is 0.480 e. The standard InChI is InChI=1S/C11H15N3O2/c1-14(2)10(15)7-5-8-4-6-9(12)11(13-8)16-3/h4-7H,12H2,1-3H3/b7-5+. The number of nitrogens with zero attached hydrogens (tertiary/aromatic N) is 2. The minimum Gasteiger partial charge on any atom is -0.480 e. The van der Waals surface area contributed by atoms with Gasteiger partial charge in [-0.2, -0.15) is 0 Å². The molecule has 2 N–H and O–H groups in total. The van der Waals surface area contributed by atoms with Crippen LogP contribution in [0.15, 0.2) is 18.2 Å². The predicted octanol–water partition coefficient (Wildman–Crippen LogP) is 0.774. The first kappa shape index (κ1) is 12.0. The van der Waals surface area contributed by atoms with Gasteiger partial charge >= 0.3 is 0 Å². The summed E-state index contributed by atoms with van der Waals surface area (Å²) in [6, 6.07) is 3.41. The van der Waals surface area contributed by atoms with Crippen LogP contribution in [0.1, 0.15) is 5.69 Å². The molecule has 1 amide bonds. The van der Waals surface area contributed by atoms with E-state index < -0.39 is 0 Å². The van der Waals surface area contributed by atoms with Crippen molar-refractivity contribution in [3.63, 3.8) is 0 Å². The van der Waals surface area contributed by atoms with Crippen LogP contribution in [0.4, 0.5) is 5.69 Å². The van der Waals surface area contributed by atoms with Gasteiger partial charge in [0, 0.05) is 20.2 Å². The number of nitrogen functional groups attached to an aromatic ring is 1. The Bertz CT molecular complexity index is 414. The zero-order valence-electron chi connectivity index (χ0n) is 9.60. The molecule has 0 atom stereocenters. The van der Waals surface area contributed by atoms with Crippen molar-refractivity contribution in [3.05, 3.63) is 23.9 Å². The molecule has 0 aliphatic rings. The van der Waals surface area contributed by atoms with E-state index in [1.54, 1.807) is 32.3 Å². The van der Waals surface area contributed by atoms with Gasteiger partial charge in [0.15, 0.2) is 0 Å². The molecule has 0 radical (unpaired) electrons. The van der Waals surface area contributed by atoms with Crippen LogP contribution < -0.4 is 10.5 Å². The molecule has 86 valence electrons. The number of aromatic nitrogens is 1. The Labute approximate surface area is 94.5 Å². The summed E-state index contributed by atoms with van der Waals surface area (Å²) >= 11 is 0. The maximum Gasteiger partial charge on any atom is 0.246 e. The zero-order chi connectivity index (χ0) is 12.1. The van der Waals surface area contributed by atoms with Crippen molar-refractivity contribution in [2.75, 3.05) is 26.9 Å². The fourth-order valence-electron chi connectivity index (χ4n) is 1.03. The average molecular weight is 221 g/mol. The van der Waals surface area contributed by atoms with Gasteiger partial charge in [-0.25, -0.2) is 4.98 Å². The van der Waals surface area contributed by atoms with Crippen LogP contribution in [0.2, 0.25) is 0 Å². The summed E-state index contributed by atoms with van der Waals surface area (Å²) in [5.41, 5.74) is 6.71. The van der Waals surface area contributed by atoms with Gasteiger partial charge in [-0.3, -0.25) is 4.79 Å². The molecule has 0 saturated heterocycles. The van der Waals surface area contributed by atoms with Crippen LogP contribution in [-0.4, -0.2) is 37.0 Å². The summed E-state index contributed by atoms with van der Waals surface area (Å²) < 4.78 is 4.97. The number of hydrogen-bond donors (Lipinski definition) is 1. The molecule has 5 heteroatoms. The molecular weight excluding hydrogens is 206 g/mol. The van der Waals surface area contributed by atoms with Crippen LogP contribution >= 0.6 is 0 Å². The van der Waals surface area contributed by atoms with Crippen LogP contribution in [0, 0.1) is 0 Å². The summed E-state index contributed by atoms with van der Waals surface area (Å²) in [6.07, 6.45) is 3.06. The fraction of sp³-hybridized carbons (Fsp3) is 0.273. The number of hydrogen-bond acceptors (Lipinski definition) is 4. The first-order chi connectivity index (χ1) is 7.54. The van der Waals surface area contributed by atoms with E-state index in [2.05, 4.69) is 4.98 Å². The lowest BCUT2D eigenvalue weighted by atomic mass is 10.3. The second-order valence-corrected chi connectivity index (χ2v) is 3.40. The van der Waals surface area contributed by atoms with E-state index >= 15 is 0 Å². The molecule has 1 aromatic heterocycles. The lowest BCUT2D eigenvalue weighted by Crippen LogP contribution is -2.18. The number of anilines is 1. The summed E-state index contributed by atoms with van der Waals surface area (Å²) in [5.74, 6) is 0.261. The first-order valence-corrected chi connectivity index (χ1v) is 4.74. The van der Waals surface area contributed by atoms with E-state index in [0.717, 1.165) is 0 Å². The molecule has 0 unspecified atom stereocenters. The average Bonchev–Trinajstić information content (AvgIpc) is 2.27.